The molecular weight excluding hydrogens is 1010 g/mol. The van der Waals surface area contributed by atoms with Gasteiger partial charge in [-0.05, 0) is 146 Å². The number of hydrogen-bond acceptors (Lipinski definition) is 4. The summed E-state index contributed by atoms with van der Waals surface area (Å²) in [6.45, 7) is 0. The zero-order valence-corrected chi connectivity index (χ0v) is 47.2. The summed E-state index contributed by atoms with van der Waals surface area (Å²) in [5.74, 6) is 1.83. The van der Waals surface area contributed by atoms with E-state index < -0.39 is 0 Å². The van der Waals surface area contributed by atoms with Gasteiger partial charge < -0.3 is 24.0 Å². The second-order valence-corrected chi connectivity index (χ2v) is 20.8. The van der Waals surface area contributed by atoms with Crippen LogP contribution in [-0.4, -0.2) is 25.7 Å². The molecule has 13 aromatic carbocycles. The van der Waals surface area contributed by atoms with Crippen LogP contribution in [0.3, 0.4) is 0 Å². The molecule has 0 saturated carbocycles. The Kier molecular flexibility index (Phi) is 15.6. The lowest BCUT2D eigenvalue weighted by atomic mass is 10.0. The third-order valence-corrected chi connectivity index (χ3v) is 15.6. The van der Waals surface area contributed by atoms with Crippen molar-refractivity contribution < 1.29 is 4.74 Å². The van der Waals surface area contributed by atoms with Crippen LogP contribution >= 0.6 is 0 Å². The Balaban J connectivity index is 0.000000110. The maximum absolute atomic E-state index is 6.01. The van der Waals surface area contributed by atoms with Gasteiger partial charge in [0.25, 0.3) is 0 Å². The first kappa shape index (κ1) is 53.0. The maximum atomic E-state index is 6.01. The van der Waals surface area contributed by atoms with Crippen LogP contribution in [0.5, 0.6) is 11.5 Å². The maximum Gasteiger partial charge on any atom is 0.151 e. The Bertz CT molecular complexity index is 4360. The predicted molar refractivity (Wildman–Crippen MR) is 355 cm³/mol. The molecule has 0 bridgehead atoms. The number of aryl methyl sites for hydroxylation is 1. The fourth-order valence-electron chi connectivity index (χ4n) is 11.0. The first-order chi connectivity index (χ1) is 40.8. The van der Waals surface area contributed by atoms with Crippen molar-refractivity contribution in [2.45, 2.75) is 0 Å². The van der Waals surface area contributed by atoms with Crippen molar-refractivity contribution in [3.8, 4) is 44.9 Å². The van der Waals surface area contributed by atoms with Crippen molar-refractivity contribution in [3.05, 3.63) is 315 Å². The highest BCUT2D eigenvalue weighted by atomic mass is 16.5. The Labute approximate surface area is 487 Å². The topological polar surface area (TPSA) is 23.9 Å². The molecule has 83 heavy (non-hydrogen) atoms. The molecule has 2 heterocycles. The van der Waals surface area contributed by atoms with E-state index in [9.17, 15) is 0 Å². The van der Waals surface area contributed by atoms with Crippen LogP contribution in [-0.2, 0) is 7.05 Å². The van der Waals surface area contributed by atoms with Gasteiger partial charge >= 0.3 is 0 Å². The average molecular weight is 1070 g/mol. The number of hydrogen-bond donors (Lipinski definition) is 0. The van der Waals surface area contributed by atoms with Gasteiger partial charge in [0.15, 0.2) is 11.5 Å². The van der Waals surface area contributed by atoms with Gasteiger partial charge in [-0.1, -0.05) is 224 Å². The summed E-state index contributed by atoms with van der Waals surface area (Å²) >= 11 is 0. The summed E-state index contributed by atoms with van der Waals surface area (Å²) in [5.41, 5.74) is 17.0. The van der Waals surface area contributed by atoms with Gasteiger partial charge in [-0.2, -0.15) is 0 Å². The Hall–Kier alpha value is -10.6. The molecule has 15 rings (SSSR count). The standard InChI is InChI=1S/C25H21N.C19H17N.C17H13NO.C17H13N/c1-26(24-16-12-22(13-17-24)20-8-4-2-5-9-20)25-18-14-23(15-19-25)21-10-6-3-7-11-21;1-20(18-12-6-3-7-13-18)19-14-8-11-17(15-19)16-9-4-2-5-10-16;1-18-14-8-4-5-9-16(14)19-17-11-13-7-3-2-6-12(13)10-15(17)18;1-18-16-9-5-4-8-14(16)15-10-12-6-2-3-7-13(12)11-17(15)18/h2-19H,1H3;2-15H,1H3;2-11H,1H3;2-11H,1H3. The average Bonchev–Trinajstić information content (AvgIpc) is 3.61. The minimum absolute atomic E-state index is 0.910. The second-order valence-electron chi connectivity index (χ2n) is 20.8. The van der Waals surface area contributed by atoms with Gasteiger partial charge in [0.2, 0.25) is 0 Å². The summed E-state index contributed by atoms with van der Waals surface area (Å²) in [6, 6.07) is 110. The Morgan fingerprint density at radius 1 is 0.265 bits per heavy atom. The van der Waals surface area contributed by atoms with Crippen molar-refractivity contribution in [1.29, 1.82) is 0 Å². The van der Waals surface area contributed by atoms with Gasteiger partial charge in [-0.3, -0.25) is 0 Å². The van der Waals surface area contributed by atoms with E-state index in [1.165, 1.54) is 99.5 Å². The monoisotopic (exact) mass is 1070 g/mol. The molecule has 0 fully saturated rings. The number of benzene rings is 13. The zero-order chi connectivity index (χ0) is 56.5. The molecule has 0 aliphatic carbocycles. The van der Waals surface area contributed by atoms with Gasteiger partial charge in [-0.15, -0.1) is 0 Å². The number of aromatic nitrogens is 1. The molecule has 0 radical (unpaired) electrons. The third kappa shape index (κ3) is 11.7. The molecule has 0 atom stereocenters. The van der Waals surface area contributed by atoms with Crippen LogP contribution in [0.25, 0.3) is 76.7 Å². The predicted octanol–water partition coefficient (Wildman–Crippen LogP) is 21.1. The number of anilines is 6. The summed E-state index contributed by atoms with van der Waals surface area (Å²) in [4.78, 5) is 6.59. The minimum Gasteiger partial charge on any atom is -0.453 e. The highest BCUT2D eigenvalue weighted by Gasteiger charge is 2.21. The lowest BCUT2D eigenvalue weighted by Crippen LogP contribution is -2.15. The summed E-state index contributed by atoms with van der Waals surface area (Å²) in [6.07, 6.45) is 0. The van der Waals surface area contributed by atoms with E-state index in [0.29, 0.717) is 0 Å². The van der Waals surface area contributed by atoms with E-state index in [1.807, 2.05) is 42.5 Å². The molecule has 402 valence electrons. The molecule has 0 N–H and O–H groups in total. The van der Waals surface area contributed by atoms with Crippen LogP contribution in [0.4, 0.5) is 34.1 Å². The summed E-state index contributed by atoms with van der Waals surface area (Å²) < 4.78 is 8.29. The van der Waals surface area contributed by atoms with Crippen LogP contribution in [0, 0.1) is 0 Å². The van der Waals surface area contributed by atoms with E-state index in [1.54, 1.807) is 0 Å². The highest BCUT2D eigenvalue weighted by Crippen LogP contribution is 2.47. The van der Waals surface area contributed by atoms with Gasteiger partial charge in [0.1, 0.15) is 0 Å². The van der Waals surface area contributed by atoms with Crippen molar-refractivity contribution in [2.75, 3.05) is 35.8 Å². The Morgan fingerprint density at radius 3 is 1.27 bits per heavy atom. The van der Waals surface area contributed by atoms with E-state index in [2.05, 4.69) is 320 Å². The number of ether oxygens (including phenoxy) is 1. The molecule has 1 aliphatic rings. The van der Waals surface area contributed by atoms with E-state index in [-0.39, 0.29) is 0 Å². The van der Waals surface area contributed by atoms with Crippen molar-refractivity contribution >= 4 is 77.5 Å². The van der Waals surface area contributed by atoms with Gasteiger partial charge in [0, 0.05) is 72.7 Å². The number of fused-ring (bicyclic) bond motifs is 7. The molecule has 0 unspecified atom stereocenters. The van der Waals surface area contributed by atoms with Crippen molar-refractivity contribution in [1.82, 2.24) is 4.57 Å². The molecular formula is C78H64N4O. The molecule has 14 aromatic rings. The second kappa shape index (κ2) is 24.4. The highest BCUT2D eigenvalue weighted by molar-refractivity contribution is 6.12. The van der Waals surface area contributed by atoms with Crippen LogP contribution in [0.1, 0.15) is 0 Å². The quantitative estimate of drug-likeness (QED) is 0.159. The van der Waals surface area contributed by atoms with Crippen LogP contribution in [0.15, 0.2) is 315 Å². The third-order valence-electron chi connectivity index (χ3n) is 15.6. The molecule has 5 heteroatoms. The van der Waals surface area contributed by atoms with E-state index in [0.717, 1.165) is 22.9 Å². The van der Waals surface area contributed by atoms with Crippen molar-refractivity contribution in [3.63, 3.8) is 0 Å². The first-order valence-electron chi connectivity index (χ1n) is 28.2. The largest absolute Gasteiger partial charge is 0.453 e. The molecule has 5 nitrogen and oxygen atoms in total. The molecule has 0 spiro atoms. The van der Waals surface area contributed by atoms with E-state index >= 15 is 0 Å². The van der Waals surface area contributed by atoms with Crippen molar-refractivity contribution in [2.24, 2.45) is 7.05 Å². The molecule has 0 saturated heterocycles. The van der Waals surface area contributed by atoms with E-state index in [4.69, 9.17) is 4.74 Å². The fraction of sp³-hybridized carbons (Fsp3) is 0.0513. The minimum atomic E-state index is 0.910. The molecule has 0 amide bonds. The van der Waals surface area contributed by atoms with Crippen LogP contribution < -0.4 is 19.4 Å². The first-order valence-corrected chi connectivity index (χ1v) is 28.2. The zero-order valence-electron chi connectivity index (χ0n) is 47.2. The number of nitrogens with zero attached hydrogens (tertiary/aromatic N) is 4. The smallest absolute Gasteiger partial charge is 0.151 e. The number of para-hydroxylation sites is 4. The molecule has 1 aromatic heterocycles. The lowest BCUT2D eigenvalue weighted by Gasteiger charge is -2.29. The number of rotatable bonds is 7. The SMILES string of the molecule is CN(c1ccc(-c2ccccc2)cc1)c1ccc(-c2ccccc2)cc1.CN(c1ccccc1)c1cccc(-c2ccccc2)c1.CN1c2ccccc2Oc2cc3ccccc3cc21.Cn1c2ccccc2c2cc3ccccc3cc21. The summed E-state index contributed by atoms with van der Waals surface area (Å²) in [7, 11) is 8.42. The van der Waals surface area contributed by atoms with Gasteiger partial charge in [0.05, 0.1) is 11.4 Å². The summed E-state index contributed by atoms with van der Waals surface area (Å²) in [5, 5.41) is 7.72. The normalized spacial score (nSPS) is 11.2. The van der Waals surface area contributed by atoms with Crippen LogP contribution in [0.2, 0.25) is 0 Å². The van der Waals surface area contributed by atoms with Gasteiger partial charge in [-0.25, -0.2) is 0 Å². The molecule has 1 aliphatic heterocycles. The lowest BCUT2D eigenvalue weighted by molar-refractivity contribution is 0.476. The fourth-order valence-corrected chi connectivity index (χ4v) is 11.0. The Morgan fingerprint density at radius 2 is 0.675 bits per heavy atom.